The SMILES string of the molecule is CC(C)OC(=O)C(O)c1cccs1. The van der Waals surface area contributed by atoms with E-state index < -0.39 is 12.1 Å². The summed E-state index contributed by atoms with van der Waals surface area (Å²) in [5, 5.41) is 11.3. The van der Waals surface area contributed by atoms with E-state index in [-0.39, 0.29) is 6.10 Å². The summed E-state index contributed by atoms with van der Waals surface area (Å²) in [4.78, 5) is 11.8. The summed E-state index contributed by atoms with van der Waals surface area (Å²) in [6, 6.07) is 3.49. The summed E-state index contributed by atoms with van der Waals surface area (Å²) in [5.74, 6) is -0.586. The second kappa shape index (κ2) is 4.39. The first-order valence-corrected chi connectivity index (χ1v) is 4.91. The Labute approximate surface area is 81.0 Å². The third-order valence-corrected chi connectivity index (χ3v) is 2.31. The monoisotopic (exact) mass is 200 g/mol. The highest BCUT2D eigenvalue weighted by Gasteiger charge is 2.20. The third kappa shape index (κ3) is 2.82. The largest absolute Gasteiger partial charge is 0.461 e. The van der Waals surface area contributed by atoms with Crippen molar-refractivity contribution >= 4 is 17.3 Å². The van der Waals surface area contributed by atoms with Crippen LogP contribution in [-0.2, 0) is 9.53 Å². The topological polar surface area (TPSA) is 46.5 Å². The van der Waals surface area contributed by atoms with Gasteiger partial charge in [0.15, 0.2) is 6.10 Å². The molecule has 0 aliphatic heterocycles. The lowest BCUT2D eigenvalue weighted by molar-refractivity contribution is -0.157. The fourth-order valence-corrected chi connectivity index (χ4v) is 1.56. The van der Waals surface area contributed by atoms with E-state index in [4.69, 9.17) is 4.74 Å². The molecule has 0 aliphatic carbocycles. The van der Waals surface area contributed by atoms with Crippen LogP contribution in [0.5, 0.6) is 0 Å². The van der Waals surface area contributed by atoms with E-state index in [1.165, 1.54) is 11.3 Å². The summed E-state index contributed by atoms with van der Waals surface area (Å²) in [7, 11) is 0. The van der Waals surface area contributed by atoms with Crippen LogP contribution in [0.3, 0.4) is 0 Å². The fourth-order valence-electron chi connectivity index (χ4n) is 0.860. The molecule has 72 valence electrons. The standard InChI is InChI=1S/C9H12O3S/c1-6(2)12-9(11)8(10)7-4-3-5-13-7/h3-6,8,10H,1-2H3. The zero-order chi connectivity index (χ0) is 9.84. The van der Waals surface area contributed by atoms with E-state index in [0.717, 1.165) is 0 Å². The maximum atomic E-state index is 11.2. The number of aliphatic hydroxyl groups is 1. The molecule has 0 bridgehead atoms. The Bertz CT molecular complexity index is 266. The number of thiophene rings is 1. The van der Waals surface area contributed by atoms with Gasteiger partial charge in [0, 0.05) is 4.88 Å². The van der Waals surface area contributed by atoms with Crippen molar-refractivity contribution in [2.24, 2.45) is 0 Å². The van der Waals surface area contributed by atoms with Crippen LogP contribution < -0.4 is 0 Å². The lowest BCUT2D eigenvalue weighted by atomic mass is 10.3. The molecule has 1 heterocycles. The van der Waals surface area contributed by atoms with Crippen LogP contribution in [0, 0.1) is 0 Å². The Morgan fingerprint density at radius 1 is 1.62 bits per heavy atom. The van der Waals surface area contributed by atoms with Gasteiger partial charge in [-0.25, -0.2) is 4.79 Å². The van der Waals surface area contributed by atoms with E-state index in [1.54, 1.807) is 31.4 Å². The summed E-state index contributed by atoms with van der Waals surface area (Å²) in [6.07, 6.45) is -1.33. The summed E-state index contributed by atoms with van der Waals surface area (Å²) in [6.45, 7) is 3.50. The van der Waals surface area contributed by atoms with Crippen molar-refractivity contribution in [2.75, 3.05) is 0 Å². The molecule has 1 aromatic rings. The molecular formula is C9H12O3S. The molecule has 4 heteroatoms. The number of rotatable bonds is 3. The average molecular weight is 200 g/mol. The van der Waals surface area contributed by atoms with Crippen molar-refractivity contribution in [2.45, 2.75) is 26.1 Å². The van der Waals surface area contributed by atoms with Gasteiger partial charge in [-0.15, -0.1) is 11.3 Å². The van der Waals surface area contributed by atoms with Gasteiger partial charge < -0.3 is 9.84 Å². The summed E-state index contributed by atoms with van der Waals surface area (Å²) in [5.41, 5.74) is 0. The molecular weight excluding hydrogens is 188 g/mol. The Morgan fingerprint density at radius 3 is 2.77 bits per heavy atom. The minimum Gasteiger partial charge on any atom is -0.461 e. The normalized spacial score (nSPS) is 12.9. The van der Waals surface area contributed by atoms with Crippen LogP contribution in [0.2, 0.25) is 0 Å². The van der Waals surface area contributed by atoms with Crippen molar-refractivity contribution in [3.63, 3.8) is 0 Å². The Balaban J connectivity index is 2.58. The maximum absolute atomic E-state index is 11.2. The molecule has 1 N–H and O–H groups in total. The average Bonchev–Trinajstić information content (AvgIpc) is 2.53. The third-order valence-electron chi connectivity index (χ3n) is 1.39. The number of hydrogen-bond acceptors (Lipinski definition) is 4. The molecule has 3 nitrogen and oxygen atoms in total. The zero-order valence-corrected chi connectivity index (χ0v) is 8.38. The number of ether oxygens (including phenoxy) is 1. The molecule has 0 saturated heterocycles. The van der Waals surface area contributed by atoms with E-state index >= 15 is 0 Å². The first kappa shape index (κ1) is 10.2. The van der Waals surface area contributed by atoms with E-state index in [0.29, 0.717) is 4.88 Å². The first-order chi connectivity index (χ1) is 6.11. The van der Waals surface area contributed by atoms with Gasteiger partial charge in [0.1, 0.15) is 0 Å². The number of aliphatic hydroxyl groups excluding tert-OH is 1. The molecule has 0 aromatic carbocycles. The highest BCUT2D eigenvalue weighted by atomic mass is 32.1. The minimum atomic E-state index is -1.14. The highest BCUT2D eigenvalue weighted by molar-refractivity contribution is 7.10. The molecule has 13 heavy (non-hydrogen) atoms. The van der Waals surface area contributed by atoms with Crippen LogP contribution in [0.15, 0.2) is 17.5 Å². The first-order valence-electron chi connectivity index (χ1n) is 4.03. The fraction of sp³-hybridized carbons (Fsp3) is 0.444. The van der Waals surface area contributed by atoms with Crippen molar-refractivity contribution in [1.29, 1.82) is 0 Å². The molecule has 0 aliphatic rings. The smallest absolute Gasteiger partial charge is 0.340 e. The van der Waals surface area contributed by atoms with Crippen molar-refractivity contribution < 1.29 is 14.6 Å². The molecule has 0 spiro atoms. The summed E-state index contributed by atoms with van der Waals surface area (Å²) < 4.78 is 4.85. The van der Waals surface area contributed by atoms with Crippen molar-refractivity contribution in [3.8, 4) is 0 Å². The second-order valence-corrected chi connectivity index (χ2v) is 3.88. The van der Waals surface area contributed by atoms with Crippen LogP contribution in [0.1, 0.15) is 24.8 Å². The van der Waals surface area contributed by atoms with Gasteiger partial charge in [0.2, 0.25) is 0 Å². The van der Waals surface area contributed by atoms with Gasteiger partial charge in [0.05, 0.1) is 6.10 Å². The molecule has 1 atom stereocenters. The van der Waals surface area contributed by atoms with Crippen molar-refractivity contribution in [1.82, 2.24) is 0 Å². The lowest BCUT2D eigenvalue weighted by Gasteiger charge is -2.11. The van der Waals surface area contributed by atoms with Crippen LogP contribution in [0.4, 0.5) is 0 Å². The van der Waals surface area contributed by atoms with Crippen LogP contribution >= 0.6 is 11.3 Å². The van der Waals surface area contributed by atoms with E-state index in [1.807, 2.05) is 0 Å². The van der Waals surface area contributed by atoms with Gasteiger partial charge in [-0.3, -0.25) is 0 Å². The molecule has 0 radical (unpaired) electrons. The van der Waals surface area contributed by atoms with E-state index in [2.05, 4.69) is 0 Å². The Morgan fingerprint density at radius 2 is 2.31 bits per heavy atom. The molecule has 0 fully saturated rings. The predicted octanol–water partition coefficient (Wildman–Crippen LogP) is 1.73. The molecule has 0 saturated carbocycles. The number of esters is 1. The molecule has 1 rings (SSSR count). The Hall–Kier alpha value is -0.870. The number of carbonyl (C=O) groups excluding carboxylic acids is 1. The number of carbonyl (C=O) groups is 1. The zero-order valence-electron chi connectivity index (χ0n) is 7.56. The van der Waals surface area contributed by atoms with Gasteiger partial charge in [-0.1, -0.05) is 6.07 Å². The second-order valence-electron chi connectivity index (χ2n) is 2.90. The quantitative estimate of drug-likeness (QED) is 0.756. The minimum absolute atomic E-state index is 0.192. The van der Waals surface area contributed by atoms with Gasteiger partial charge in [0.25, 0.3) is 0 Å². The van der Waals surface area contributed by atoms with Gasteiger partial charge in [-0.05, 0) is 25.3 Å². The predicted molar refractivity (Wildman–Crippen MR) is 50.5 cm³/mol. The number of hydrogen-bond donors (Lipinski definition) is 1. The molecule has 1 aromatic heterocycles. The summed E-state index contributed by atoms with van der Waals surface area (Å²) >= 11 is 1.34. The maximum Gasteiger partial charge on any atom is 0.340 e. The van der Waals surface area contributed by atoms with Gasteiger partial charge >= 0.3 is 5.97 Å². The van der Waals surface area contributed by atoms with Crippen molar-refractivity contribution in [3.05, 3.63) is 22.4 Å². The molecule has 1 unspecified atom stereocenters. The van der Waals surface area contributed by atoms with E-state index in [9.17, 15) is 9.90 Å². The highest BCUT2D eigenvalue weighted by Crippen LogP contribution is 2.20. The Kier molecular flexibility index (Phi) is 3.45. The molecule has 0 amide bonds. The van der Waals surface area contributed by atoms with Crippen LogP contribution in [0.25, 0.3) is 0 Å². The lowest BCUT2D eigenvalue weighted by Crippen LogP contribution is -2.18. The van der Waals surface area contributed by atoms with Crippen LogP contribution in [-0.4, -0.2) is 17.2 Å². The van der Waals surface area contributed by atoms with Gasteiger partial charge in [-0.2, -0.15) is 0 Å².